The molecule has 1 aliphatic rings. The average Bonchev–Trinajstić information content (AvgIpc) is 2.96. The van der Waals surface area contributed by atoms with E-state index in [4.69, 9.17) is 0 Å². The number of carbonyl (C=O) groups is 1. The molecule has 1 N–H and O–H groups in total. The molecule has 0 aromatic heterocycles. The number of nitriles is 1. The van der Waals surface area contributed by atoms with Gasteiger partial charge >= 0.3 is 0 Å². The second-order valence-corrected chi connectivity index (χ2v) is 7.94. The third-order valence-electron chi connectivity index (χ3n) is 5.68. The van der Waals surface area contributed by atoms with E-state index in [9.17, 15) is 14.4 Å². The van der Waals surface area contributed by atoms with Crippen LogP contribution in [0.15, 0.2) is 54.6 Å². The zero-order chi connectivity index (χ0) is 20.7. The van der Waals surface area contributed by atoms with E-state index in [0.717, 1.165) is 36.8 Å². The standard InChI is InChI=1S/C24H28FN3O/c1-28(17-22(29)27-24(18-26)15-7-2-3-8-16-24)23(19-9-5-4-6-10-19)20-11-13-21(25)14-12-20/h4-6,9-14,23H,2-3,7-8,15-17H2,1H3,(H,27,29). The molecule has 0 saturated heterocycles. The molecule has 2 aromatic carbocycles. The molecule has 0 bridgehead atoms. The fourth-order valence-corrected chi connectivity index (χ4v) is 4.20. The number of hydrogen-bond acceptors (Lipinski definition) is 3. The zero-order valence-electron chi connectivity index (χ0n) is 16.9. The maximum atomic E-state index is 13.4. The second-order valence-electron chi connectivity index (χ2n) is 7.94. The lowest BCUT2D eigenvalue weighted by molar-refractivity contribution is -0.123. The van der Waals surface area contributed by atoms with E-state index < -0.39 is 5.54 Å². The summed E-state index contributed by atoms with van der Waals surface area (Å²) in [6.07, 6.45) is 5.57. The summed E-state index contributed by atoms with van der Waals surface area (Å²) < 4.78 is 13.4. The van der Waals surface area contributed by atoms with E-state index in [1.165, 1.54) is 12.1 Å². The highest BCUT2D eigenvalue weighted by atomic mass is 19.1. The van der Waals surface area contributed by atoms with Crippen LogP contribution < -0.4 is 5.32 Å². The van der Waals surface area contributed by atoms with Crippen LogP contribution in [0.2, 0.25) is 0 Å². The lowest BCUT2D eigenvalue weighted by Gasteiger charge is -2.31. The summed E-state index contributed by atoms with van der Waals surface area (Å²) in [5.74, 6) is -0.440. The maximum Gasteiger partial charge on any atom is 0.235 e. The monoisotopic (exact) mass is 393 g/mol. The molecule has 29 heavy (non-hydrogen) atoms. The Bertz CT molecular complexity index is 837. The summed E-state index contributed by atoms with van der Waals surface area (Å²) in [5, 5.41) is 12.7. The fourth-order valence-electron chi connectivity index (χ4n) is 4.20. The Morgan fingerprint density at radius 3 is 2.24 bits per heavy atom. The van der Waals surface area contributed by atoms with Gasteiger partial charge in [0.1, 0.15) is 11.4 Å². The Labute approximate surface area is 172 Å². The first kappa shape index (κ1) is 21.0. The van der Waals surface area contributed by atoms with Crippen LogP contribution in [0.5, 0.6) is 0 Å². The quantitative estimate of drug-likeness (QED) is 0.731. The van der Waals surface area contributed by atoms with Crippen molar-refractivity contribution in [1.29, 1.82) is 5.26 Å². The Kier molecular flexibility index (Phi) is 7.00. The van der Waals surface area contributed by atoms with Crippen LogP contribution in [0.4, 0.5) is 4.39 Å². The molecule has 1 saturated carbocycles. The van der Waals surface area contributed by atoms with E-state index in [1.54, 1.807) is 12.1 Å². The summed E-state index contributed by atoms with van der Waals surface area (Å²) in [6, 6.07) is 18.4. The summed E-state index contributed by atoms with van der Waals surface area (Å²) in [5.41, 5.74) is 1.18. The van der Waals surface area contributed by atoms with E-state index in [2.05, 4.69) is 11.4 Å². The third-order valence-corrected chi connectivity index (χ3v) is 5.68. The number of amides is 1. The van der Waals surface area contributed by atoms with Gasteiger partial charge in [0.15, 0.2) is 0 Å². The van der Waals surface area contributed by atoms with Gasteiger partial charge in [-0.2, -0.15) is 5.26 Å². The Balaban J connectivity index is 1.77. The molecule has 0 aliphatic heterocycles. The second kappa shape index (κ2) is 9.67. The lowest BCUT2D eigenvalue weighted by Crippen LogP contribution is -2.50. The van der Waals surface area contributed by atoms with Crippen molar-refractivity contribution in [2.75, 3.05) is 13.6 Å². The van der Waals surface area contributed by atoms with Crippen molar-refractivity contribution in [2.24, 2.45) is 0 Å². The van der Waals surface area contributed by atoms with Gasteiger partial charge in [-0.1, -0.05) is 68.1 Å². The van der Waals surface area contributed by atoms with Crippen LogP contribution in [0.3, 0.4) is 0 Å². The Morgan fingerprint density at radius 1 is 1.07 bits per heavy atom. The molecular formula is C24H28FN3O. The Hall–Kier alpha value is -2.71. The van der Waals surface area contributed by atoms with Crippen LogP contribution in [0.25, 0.3) is 0 Å². The summed E-state index contributed by atoms with van der Waals surface area (Å²) >= 11 is 0. The van der Waals surface area contributed by atoms with Crippen molar-refractivity contribution in [3.8, 4) is 6.07 Å². The highest BCUT2D eigenvalue weighted by Crippen LogP contribution is 2.29. The van der Waals surface area contributed by atoms with Crippen molar-refractivity contribution in [1.82, 2.24) is 10.2 Å². The number of nitrogens with zero attached hydrogens (tertiary/aromatic N) is 2. The van der Waals surface area contributed by atoms with Gasteiger partial charge in [0, 0.05) is 0 Å². The van der Waals surface area contributed by atoms with Crippen molar-refractivity contribution in [2.45, 2.75) is 50.1 Å². The molecule has 1 amide bonds. The van der Waals surface area contributed by atoms with Crippen LogP contribution in [0.1, 0.15) is 55.7 Å². The number of likely N-dealkylation sites (N-methyl/N-ethyl adjacent to an activating group) is 1. The topological polar surface area (TPSA) is 56.1 Å². The summed E-state index contributed by atoms with van der Waals surface area (Å²) in [7, 11) is 1.88. The van der Waals surface area contributed by atoms with Crippen molar-refractivity contribution < 1.29 is 9.18 Å². The number of benzene rings is 2. The first-order valence-corrected chi connectivity index (χ1v) is 10.3. The van der Waals surface area contributed by atoms with Gasteiger partial charge in [-0.15, -0.1) is 0 Å². The molecule has 1 fully saturated rings. The number of rotatable bonds is 6. The molecule has 3 rings (SSSR count). The number of halogens is 1. The van der Waals surface area contributed by atoms with E-state index in [1.807, 2.05) is 42.3 Å². The van der Waals surface area contributed by atoms with Gasteiger partial charge in [-0.05, 0) is 43.1 Å². The SMILES string of the molecule is CN(CC(=O)NC1(C#N)CCCCCC1)C(c1ccccc1)c1ccc(F)cc1. The summed E-state index contributed by atoms with van der Waals surface area (Å²) in [4.78, 5) is 14.8. The fraction of sp³-hybridized carbons (Fsp3) is 0.417. The predicted octanol–water partition coefficient (Wildman–Crippen LogP) is 4.58. The molecule has 0 radical (unpaired) electrons. The van der Waals surface area contributed by atoms with Crippen LogP contribution in [-0.2, 0) is 4.79 Å². The molecule has 0 heterocycles. The largest absolute Gasteiger partial charge is 0.337 e. The first-order valence-electron chi connectivity index (χ1n) is 10.3. The number of hydrogen-bond donors (Lipinski definition) is 1. The summed E-state index contributed by atoms with van der Waals surface area (Å²) in [6.45, 7) is 0.153. The molecule has 0 spiro atoms. The Morgan fingerprint density at radius 2 is 1.66 bits per heavy atom. The van der Waals surface area contributed by atoms with E-state index in [-0.39, 0.29) is 24.3 Å². The first-order chi connectivity index (χ1) is 14.0. The van der Waals surface area contributed by atoms with E-state index in [0.29, 0.717) is 12.8 Å². The number of nitrogens with one attached hydrogen (secondary N) is 1. The molecule has 1 aliphatic carbocycles. The minimum atomic E-state index is -0.757. The maximum absolute atomic E-state index is 13.4. The minimum absolute atomic E-state index is 0.153. The highest BCUT2D eigenvalue weighted by Gasteiger charge is 2.33. The minimum Gasteiger partial charge on any atom is -0.337 e. The smallest absolute Gasteiger partial charge is 0.235 e. The van der Waals surface area contributed by atoms with Gasteiger partial charge < -0.3 is 5.32 Å². The molecule has 2 aromatic rings. The van der Waals surface area contributed by atoms with Gasteiger partial charge in [0.05, 0.1) is 18.7 Å². The van der Waals surface area contributed by atoms with Crippen LogP contribution in [0, 0.1) is 17.1 Å². The predicted molar refractivity (Wildman–Crippen MR) is 112 cm³/mol. The van der Waals surface area contributed by atoms with Gasteiger partial charge in [-0.3, -0.25) is 9.69 Å². The molecule has 5 heteroatoms. The van der Waals surface area contributed by atoms with Gasteiger partial charge in [-0.25, -0.2) is 4.39 Å². The normalized spacial score (nSPS) is 17.2. The average molecular weight is 394 g/mol. The number of carbonyl (C=O) groups excluding carboxylic acids is 1. The van der Waals surface area contributed by atoms with Crippen LogP contribution in [-0.4, -0.2) is 29.9 Å². The zero-order valence-corrected chi connectivity index (χ0v) is 16.9. The van der Waals surface area contributed by atoms with Crippen LogP contribution >= 0.6 is 0 Å². The molecule has 1 unspecified atom stereocenters. The van der Waals surface area contributed by atoms with E-state index >= 15 is 0 Å². The molecular weight excluding hydrogens is 365 g/mol. The van der Waals surface area contributed by atoms with Crippen molar-refractivity contribution in [3.63, 3.8) is 0 Å². The van der Waals surface area contributed by atoms with Gasteiger partial charge in [0.25, 0.3) is 0 Å². The third kappa shape index (κ3) is 5.42. The molecule has 152 valence electrons. The highest BCUT2D eigenvalue weighted by molar-refractivity contribution is 5.79. The molecule has 4 nitrogen and oxygen atoms in total. The van der Waals surface area contributed by atoms with Crippen molar-refractivity contribution in [3.05, 3.63) is 71.5 Å². The molecule has 1 atom stereocenters. The van der Waals surface area contributed by atoms with Crippen molar-refractivity contribution >= 4 is 5.91 Å². The lowest BCUT2D eigenvalue weighted by atomic mass is 9.91. The van der Waals surface area contributed by atoms with Gasteiger partial charge in [0.2, 0.25) is 5.91 Å².